The van der Waals surface area contributed by atoms with Gasteiger partial charge in [0.25, 0.3) is 0 Å². The molecule has 19 heavy (non-hydrogen) atoms. The first-order valence-electron chi connectivity index (χ1n) is 7.73. The van der Waals surface area contributed by atoms with Gasteiger partial charge in [-0.05, 0) is 69.2 Å². The quantitative estimate of drug-likeness (QED) is 0.872. The van der Waals surface area contributed by atoms with Gasteiger partial charge in [0.1, 0.15) is 5.82 Å². The molecule has 4 saturated carbocycles. The van der Waals surface area contributed by atoms with Gasteiger partial charge < -0.3 is 11.5 Å². The first-order valence-corrected chi connectivity index (χ1v) is 7.73. The molecule has 0 saturated heterocycles. The smallest absolute Gasteiger partial charge is 0.148 e. The second-order valence-corrected chi connectivity index (χ2v) is 7.16. The third kappa shape index (κ3) is 1.72. The summed E-state index contributed by atoms with van der Waals surface area (Å²) in [5.74, 6) is 3.51. The van der Waals surface area contributed by atoms with E-state index in [1.165, 1.54) is 38.5 Å². The highest BCUT2D eigenvalue weighted by molar-refractivity contribution is 5.38. The Kier molecular flexibility index (Phi) is 2.47. The van der Waals surface area contributed by atoms with Crippen LogP contribution in [0.2, 0.25) is 0 Å². The van der Waals surface area contributed by atoms with E-state index in [1.807, 2.05) is 0 Å². The van der Waals surface area contributed by atoms with E-state index in [4.69, 9.17) is 11.5 Å². The van der Waals surface area contributed by atoms with Gasteiger partial charge in [-0.3, -0.25) is 4.68 Å². The highest BCUT2D eigenvalue weighted by atomic mass is 15.3. The van der Waals surface area contributed by atoms with Crippen molar-refractivity contribution in [1.29, 1.82) is 0 Å². The van der Waals surface area contributed by atoms with Crippen LogP contribution >= 0.6 is 0 Å². The Balaban J connectivity index is 1.69. The summed E-state index contributed by atoms with van der Waals surface area (Å²) in [6.07, 6.45) is 11.4. The topological polar surface area (TPSA) is 69.9 Å². The first-order chi connectivity index (χ1) is 9.18. The molecule has 5 rings (SSSR count). The normalized spacial score (nSPS) is 39.9. The van der Waals surface area contributed by atoms with E-state index >= 15 is 0 Å². The molecule has 4 heteroatoms. The predicted molar refractivity (Wildman–Crippen MR) is 75.5 cm³/mol. The Bertz CT molecular complexity index is 455. The number of nitrogen functional groups attached to an aromatic ring is 1. The summed E-state index contributed by atoms with van der Waals surface area (Å²) in [7, 11) is 0. The molecule has 0 aliphatic heterocycles. The van der Waals surface area contributed by atoms with Crippen LogP contribution in [-0.4, -0.2) is 16.3 Å². The molecule has 0 unspecified atom stereocenters. The Hall–Kier alpha value is -1.03. The minimum absolute atomic E-state index is 0.287. The number of aromatic nitrogens is 2. The molecule has 4 nitrogen and oxygen atoms in total. The minimum atomic E-state index is 0.287. The maximum absolute atomic E-state index is 6.06. The molecule has 0 amide bonds. The molecular weight excluding hydrogens is 236 g/mol. The second-order valence-electron chi connectivity index (χ2n) is 7.16. The zero-order chi connectivity index (χ0) is 13.0. The van der Waals surface area contributed by atoms with Gasteiger partial charge in [-0.25, -0.2) is 0 Å². The third-order valence-corrected chi connectivity index (χ3v) is 5.73. The van der Waals surface area contributed by atoms with Crippen LogP contribution < -0.4 is 11.5 Å². The summed E-state index contributed by atoms with van der Waals surface area (Å²) in [5.41, 5.74) is 13.1. The number of nitrogens with zero attached hydrogens (tertiary/aromatic N) is 2. The van der Waals surface area contributed by atoms with Crippen molar-refractivity contribution in [3.05, 3.63) is 11.8 Å². The van der Waals surface area contributed by atoms with Crippen molar-refractivity contribution in [3.63, 3.8) is 0 Å². The third-order valence-electron chi connectivity index (χ3n) is 5.73. The Morgan fingerprint density at radius 1 is 1.16 bits per heavy atom. The van der Waals surface area contributed by atoms with E-state index in [1.54, 1.807) is 0 Å². The Labute approximate surface area is 114 Å². The van der Waals surface area contributed by atoms with E-state index in [0.29, 0.717) is 12.4 Å². The molecule has 4 aliphatic rings. The van der Waals surface area contributed by atoms with Crippen molar-refractivity contribution in [1.82, 2.24) is 9.78 Å². The summed E-state index contributed by atoms with van der Waals surface area (Å²) < 4.78 is 2.23. The minimum Gasteiger partial charge on any atom is -0.382 e. The second kappa shape index (κ2) is 3.98. The number of rotatable bonds is 3. The van der Waals surface area contributed by atoms with Gasteiger partial charge in [-0.15, -0.1) is 0 Å². The lowest BCUT2D eigenvalue weighted by Gasteiger charge is -2.56. The molecule has 0 radical (unpaired) electrons. The van der Waals surface area contributed by atoms with Gasteiger partial charge in [-0.2, -0.15) is 5.10 Å². The number of anilines is 1. The van der Waals surface area contributed by atoms with Crippen LogP contribution in [0.25, 0.3) is 0 Å². The summed E-state index contributed by atoms with van der Waals surface area (Å²) >= 11 is 0. The van der Waals surface area contributed by atoms with Gasteiger partial charge in [-0.1, -0.05) is 0 Å². The van der Waals surface area contributed by atoms with Crippen molar-refractivity contribution in [2.45, 2.75) is 50.5 Å². The fourth-order valence-electron chi connectivity index (χ4n) is 5.36. The van der Waals surface area contributed by atoms with E-state index in [9.17, 15) is 0 Å². The molecular formula is C15H24N4. The highest BCUT2D eigenvalue weighted by Crippen LogP contribution is 2.58. The lowest BCUT2D eigenvalue weighted by Crippen LogP contribution is -2.52. The summed E-state index contributed by atoms with van der Waals surface area (Å²) in [5, 5.41) is 4.66. The van der Waals surface area contributed by atoms with Crippen LogP contribution in [0.5, 0.6) is 0 Å². The SMILES string of the molecule is NCCc1cn(C23CC4CC(CC(C4)C2)C3)nc1N. The van der Waals surface area contributed by atoms with Crippen molar-refractivity contribution >= 4 is 5.82 Å². The van der Waals surface area contributed by atoms with Crippen LogP contribution in [-0.2, 0) is 12.0 Å². The summed E-state index contributed by atoms with van der Waals surface area (Å²) in [4.78, 5) is 0. The molecule has 4 aliphatic carbocycles. The maximum atomic E-state index is 6.06. The van der Waals surface area contributed by atoms with Gasteiger partial charge in [0.05, 0.1) is 5.54 Å². The van der Waals surface area contributed by atoms with Crippen LogP contribution in [0.15, 0.2) is 6.20 Å². The number of hydrogen-bond donors (Lipinski definition) is 2. The average Bonchev–Trinajstić information content (AvgIpc) is 2.70. The Morgan fingerprint density at radius 2 is 1.74 bits per heavy atom. The largest absolute Gasteiger partial charge is 0.382 e. The van der Waals surface area contributed by atoms with E-state index < -0.39 is 0 Å². The maximum Gasteiger partial charge on any atom is 0.148 e. The van der Waals surface area contributed by atoms with Crippen molar-refractivity contribution < 1.29 is 0 Å². The fraction of sp³-hybridized carbons (Fsp3) is 0.800. The predicted octanol–water partition coefficient (Wildman–Crippen LogP) is 1.89. The van der Waals surface area contributed by atoms with Crippen LogP contribution in [0.1, 0.15) is 44.1 Å². The molecule has 4 fully saturated rings. The van der Waals surface area contributed by atoms with Crippen LogP contribution in [0, 0.1) is 17.8 Å². The van der Waals surface area contributed by atoms with Gasteiger partial charge in [0, 0.05) is 11.8 Å². The van der Waals surface area contributed by atoms with E-state index in [-0.39, 0.29) is 5.54 Å². The number of nitrogens with two attached hydrogens (primary N) is 2. The molecule has 4 N–H and O–H groups in total. The molecule has 1 aromatic heterocycles. The first kappa shape index (κ1) is 11.8. The summed E-state index contributed by atoms with van der Waals surface area (Å²) in [6, 6.07) is 0. The molecule has 4 bridgehead atoms. The highest BCUT2D eigenvalue weighted by Gasteiger charge is 2.52. The molecule has 0 aromatic carbocycles. The standard InChI is InChI=1S/C15H24N4/c16-2-1-13-9-19(18-14(13)17)15-6-10-3-11(7-15)5-12(4-10)8-15/h9-12H,1-8,16H2,(H2,17,18). The van der Waals surface area contributed by atoms with Gasteiger partial charge in [0.2, 0.25) is 0 Å². The van der Waals surface area contributed by atoms with Crippen molar-refractivity contribution in [2.24, 2.45) is 23.5 Å². The monoisotopic (exact) mass is 260 g/mol. The van der Waals surface area contributed by atoms with Crippen LogP contribution in [0.3, 0.4) is 0 Å². The molecule has 1 heterocycles. The van der Waals surface area contributed by atoms with Crippen molar-refractivity contribution in [3.8, 4) is 0 Å². The van der Waals surface area contributed by atoms with E-state index in [2.05, 4.69) is 16.0 Å². The van der Waals surface area contributed by atoms with Crippen LogP contribution in [0.4, 0.5) is 5.82 Å². The number of hydrogen-bond acceptors (Lipinski definition) is 3. The lowest BCUT2D eigenvalue weighted by molar-refractivity contribution is -0.0493. The average molecular weight is 260 g/mol. The molecule has 0 spiro atoms. The molecule has 104 valence electrons. The molecule has 0 atom stereocenters. The Morgan fingerprint density at radius 3 is 2.26 bits per heavy atom. The van der Waals surface area contributed by atoms with Crippen molar-refractivity contribution in [2.75, 3.05) is 12.3 Å². The van der Waals surface area contributed by atoms with Gasteiger partial charge >= 0.3 is 0 Å². The van der Waals surface area contributed by atoms with Gasteiger partial charge in [0.15, 0.2) is 0 Å². The fourth-order valence-corrected chi connectivity index (χ4v) is 5.36. The zero-order valence-electron chi connectivity index (χ0n) is 11.5. The molecule has 1 aromatic rings. The van der Waals surface area contributed by atoms with E-state index in [0.717, 1.165) is 29.7 Å². The lowest BCUT2D eigenvalue weighted by atomic mass is 9.53. The summed E-state index contributed by atoms with van der Waals surface area (Å²) in [6.45, 7) is 0.650. The zero-order valence-corrected chi connectivity index (χ0v) is 11.5.